The number of nitrogens with zero attached hydrogens (tertiary/aromatic N) is 4. The zero-order valence-corrected chi connectivity index (χ0v) is 20.3. The number of methoxy groups -OCH3 is 1. The number of benzene rings is 1. The molecular weight excluding hydrogens is 444 g/mol. The van der Waals surface area contributed by atoms with Crippen molar-refractivity contribution in [3.8, 4) is 16.9 Å². The minimum absolute atomic E-state index is 0.0262. The van der Waals surface area contributed by atoms with Gasteiger partial charge in [0.25, 0.3) is 0 Å². The predicted octanol–water partition coefficient (Wildman–Crippen LogP) is 3.61. The monoisotopic (exact) mass is 476 g/mol. The first kappa shape index (κ1) is 22.3. The maximum atomic E-state index is 13.1. The third kappa shape index (κ3) is 4.12. The zero-order chi connectivity index (χ0) is 23.9. The molecule has 0 spiro atoms. The molecule has 0 amide bonds. The van der Waals surface area contributed by atoms with Crippen LogP contribution < -0.4 is 15.7 Å². The van der Waals surface area contributed by atoms with Crippen molar-refractivity contribution in [1.82, 2.24) is 29.5 Å². The Morgan fingerprint density at radius 1 is 1.09 bits per heavy atom. The van der Waals surface area contributed by atoms with E-state index in [1.54, 1.807) is 11.6 Å². The van der Waals surface area contributed by atoms with Crippen LogP contribution in [0, 0.1) is 6.92 Å². The average molecular weight is 477 g/mol. The average Bonchev–Trinajstić information content (AvgIpc) is 3.47. The lowest BCUT2D eigenvalue weighted by Gasteiger charge is -2.34. The molecule has 0 atom stereocenters. The fourth-order valence-electron chi connectivity index (χ4n) is 5.84. The van der Waals surface area contributed by atoms with Gasteiger partial charge in [-0.2, -0.15) is 5.10 Å². The van der Waals surface area contributed by atoms with Crippen LogP contribution in [0.15, 0.2) is 35.5 Å². The number of hydrogen-bond acceptors (Lipinski definition) is 6. The highest BCUT2D eigenvalue weighted by molar-refractivity contribution is 5.85. The molecule has 184 valence electrons. The standard InChI is InChI=1S/C26H32N6O3/c1-16-11-23-22(13-21(16)17-12-24(34-2)25-27-15-28-31(25)14-17)30-26(33)32(23)20-5-3-18(4-6-20)29-19-7-9-35-10-8-19/h11-15,18-20,29H,3-10H2,1-2H3,(H,30,33)/t18-,20+. The summed E-state index contributed by atoms with van der Waals surface area (Å²) in [5.41, 5.74) is 5.58. The van der Waals surface area contributed by atoms with E-state index >= 15 is 0 Å². The molecule has 1 saturated carbocycles. The van der Waals surface area contributed by atoms with Crippen LogP contribution in [-0.4, -0.2) is 56.6 Å². The highest BCUT2D eigenvalue weighted by atomic mass is 16.5. The van der Waals surface area contributed by atoms with Gasteiger partial charge < -0.3 is 19.8 Å². The molecule has 4 aromatic rings. The van der Waals surface area contributed by atoms with Gasteiger partial charge in [0.05, 0.1) is 18.1 Å². The molecule has 2 fully saturated rings. The molecule has 0 radical (unpaired) electrons. The Balaban J connectivity index is 1.27. The van der Waals surface area contributed by atoms with Crippen LogP contribution in [0.4, 0.5) is 0 Å². The second-order valence-electron chi connectivity index (χ2n) is 9.87. The molecule has 9 nitrogen and oxygen atoms in total. The largest absolute Gasteiger partial charge is 0.493 e. The molecule has 2 N–H and O–H groups in total. The summed E-state index contributed by atoms with van der Waals surface area (Å²) in [6.45, 7) is 3.81. The first-order valence-corrected chi connectivity index (χ1v) is 12.6. The summed E-state index contributed by atoms with van der Waals surface area (Å²) < 4.78 is 14.7. The van der Waals surface area contributed by atoms with Crippen LogP contribution in [0.1, 0.15) is 50.1 Å². The molecular formula is C26H32N6O3. The van der Waals surface area contributed by atoms with Crippen molar-refractivity contribution in [2.45, 2.75) is 63.6 Å². The summed E-state index contributed by atoms with van der Waals surface area (Å²) in [4.78, 5) is 20.4. The van der Waals surface area contributed by atoms with E-state index in [-0.39, 0.29) is 11.7 Å². The van der Waals surface area contributed by atoms with Crippen molar-refractivity contribution in [3.05, 3.63) is 46.8 Å². The van der Waals surface area contributed by atoms with Crippen LogP contribution >= 0.6 is 0 Å². The van der Waals surface area contributed by atoms with E-state index in [0.29, 0.717) is 23.5 Å². The number of aromatic nitrogens is 5. The van der Waals surface area contributed by atoms with E-state index in [1.165, 1.54) is 6.33 Å². The van der Waals surface area contributed by atoms with Gasteiger partial charge in [0.15, 0.2) is 11.4 Å². The van der Waals surface area contributed by atoms with Gasteiger partial charge in [-0.05, 0) is 74.8 Å². The summed E-state index contributed by atoms with van der Waals surface area (Å²) in [6.07, 6.45) is 9.86. The fourth-order valence-corrected chi connectivity index (χ4v) is 5.84. The third-order valence-corrected chi connectivity index (χ3v) is 7.69. The summed E-state index contributed by atoms with van der Waals surface area (Å²) in [5.74, 6) is 0.664. The van der Waals surface area contributed by atoms with Crippen molar-refractivity contribution < 1.29 is 9.47 Å². The maximum absolute atomic E-state index is 13.1. The molecule has 0 unspecified atom stereocenters. The Morgan fingerprint density at radius 2 is 1.86 bits per heavy atom. The van der Waals surface area contributed by atoms with Crippen molar-refractivity contribution in [1.29, 1.82) is 0 Å². The Labute approximate surface area is 203 Å². The van der Waals surface area contributed by atoms with Crippen molar-refractivity contribution in [2.75, 3.05) is 20.3 Å². The number of hydrogen-bond donors (Lipinski definition) is 2. The molecule has 1 aliphatic carbocycles. The first-order chi connectivity index (χ1) is 17.1. The number of fused-ring (bicyclic) bond motifs is 2. The molecule has 2 aliphatic rings. The van der Waals surface area contributed by atoms with Crippen LogP contribution in [0.5, 0.6) is 5.75 Å². The van der Waals surface area contributed by atoms with Crippen LogP contribution in [0.2, 0.25) is 0 Å². The van der Waals surface area contributed by atoms with Gasteiger partial charge >= 0.3 is 5.69 Å². The summed E-state index contributed by atoms with van der Waals surface area (Å²) >= 11 is 0. The number of rotatable bonds is 5. The molecule has 0 bridgehead atoms. The number of nitrogens with one attached hydrogen (secondary N) is 2. The molecule has 3 aromatic heterocycles. The van der Waals surface area contributed by atoms with Gasteiger partial charge in [-0.3, -0.25) is 4.57 Å². The number of aryl methyl sites for hydroxylation is 1. The van der Waals surface area contributed by atoms with Gasteiger partial charge in [-0.25, -0.2) is 14.3 Å². The first-order valence-electron chi connectivity index (χ1n) is 12.6. The van der Waals surface area contributed by atoms with Gasteiger partial charge in [-0.15, -0.1) is 0 Å². The molecule has 35 heavy (non-hydrogen) atoms. The normalized spacial score (nSPS) is 21.7. The third-order valence-electron chi connectivity index (χ3n) is 7.69. The summed E-state index contributed by atoms with van der Waals surface area (Å²) in [7, 11) is 1.63. The lowest BCUT2D eigenvalue weighted by atomic mass is 9.89. The van der Waals surface area contributed by atoms with Gasteiger partial charge in [0.1, 0.15) is 6.33 Å². The summed E-state index contributed by atoms with van der Waals surface area (Å²) in [6, 6.07) is 7.49. The maximum Gasteiger partial charge on any atom is 0.326 e. The molecule has 1 aromatic carbocycles. The smallest absolute Gasteiger partial charge is 0.326 e. The van der Waals surface area contributed by atoms with Crippen LogP contribution in [0.25, 0.3) is 27.8 Å². The Morgan fingerprint density at radius 3 is 2.63 bits per heavy atom. The van der Waals surface area contributed by atoms with Crippen molar-refractivity contribution >= 4 is 16.7 Å². The zero-order valence-electron chi connectivity index (χ0n) is 20.3. The van der Waals surface area contributed by atoms with Gasteiger partial charge in [0, 0.05) is 43.1 Å². The number of imidazole rings is 1. The lowest BCUT2D eigenvalue weighted by Crippen LogP contribution is -2.43. The minimum atomic E-state index is -0.0262. The fraction of sp³-hybridized carbons (Fsp3) is 0.500. The Bertz CT molecular complexity index is 1410. The number of H-pyrrole nitrogens is 1. The number of pyridine rings is 1. The second kappa shape index (κ2) is 9.13. The Kier molecular flexibility index (Phi) is 5.82. The molecule has 1 saturated heterocycles. The van der Waals surface area contributed by atoms with E-state index in [0.717, 1.165) is 79.5 Å². The highest BCUT2D eigenvalue weighted by Gasteiger charge is 2.27. The van der Waals surface area contributed by atoms with E-state index in [2.05, 4.69) is 39.4 Å². The highest BCUT2D eigenvalue weighted by Crippen LogP contribution is 2.34. The second-order valence-corrected chi connectivity index (χ2v) is 9.87. The SMILES string of the molecule is COc1cc(-c2cc3[nH]c(=O)n([C@H]4CC[C@@H](NC5CCOCC5)CC4)c3cc2C)cn2ncnc12. The molecule has 9 heteroatoms. The predicted molar refractivity (Wildman–Crippen MR) is 134 cm³/mol. The number of ether oxygens (including phenoxy) is 2. The molecule has 4 heterocycles. The summed E-state index contributed by atoms with van der Waals surface area (Å²) in [5, 5.41) is 8.11. The lowest BCUT2D eigenvalue weighted by molar-refractivity contribution is 0.0724. The van der Waals surface area contributed by atoms with E-state index in [9.17, 15) is 4.79 Å². The molecule has 6 rings (SSSR count). The molecule has 1 aliphatic heterocycles. The van der Waals surface area contributed by atoms with E-state index < -0.39 is 0 Å². The van der Waals surface area contributed by atoms with Crippen molar-refractivity contribution in [2.24, 2.45) is 0 Å². The quantitative estimate of drug-likeness (QED) is 0.457. The van der Waals surface area contributed by atoms with Crippen LogP contribution in [-0.2, 0) is 4.74 Å². The number of aromatic amines is 1. The van der Waals surface area contributed by atoms with Gasteiger partial charge in [0.2, 0.25) is 0 Å². The van der Waals surface area contributed by atoms with Crippen molar-refractivity contribution in [3.63, 3.8) is 0 Å². The van der Waals surface area contributed by atoms with E-state index in [1.807, 2.05) is 16.8 Å². The van der Waals surface area contributed by atoms with E-state index in [4.69, 9.17) is 9.47 Å². The van der Waals surface area contributed by atoms with Gasteiger partial charge in [-0.1, -0.05) is 0 Å². The Hall–Kier alpha value is -3.17. The van der Waals surface area contributed by atoms with Crippen LogP contribution in [0.3, 0.4) is 0 Å². The topological polar surface area (TPSA) is 98.5 Å². The minimum Gasteiger partial charge on any atom is -0.493 e.